The van der Waals surface area contributed by atoms with E-state index in [1.807, 2.05) is 17.0 Å². The molecular weight excluding hydrogens is 342 g/mol. The average Bonchev–Trinajstić information content (AvgIpc) is 3.50. The van der Waals surface area contributed by atoms with Crippen molar-refractivity contribution in [3.8, 4) is 0 Å². The van der Waals surface area contributed by atoms with Crippen molar-refractivity contribution >= 4 is 11.8 Å². The molecule has 2 heterocycles. The summed E-state index contributed by atoms with van der Waals surface area (Å²) < 4.78 is 5.81. The molecule has 2 atom stereocenters. The number of hydrogen-bond donors (Lipinski definition) is 1. The lowest BCUT2D eigenvalue weighted by Gasteiger charge is -2.42. The van der Waals surface area contributed by atoms with Gasteiger partial charge in [0, 0.05) is 24.0 Å². The maximum absolute atomic E-state index is 13.3. The predicted octanol–water partition coefficient (Wildman–Crippen LogP) is 2.74. The molecule has 1 aliphatic heterocycles. The zero-order valence-electron chi connectivity index (χ0n) is 16.0. The van der Waals surface area contributed by atoms with E-state index >= 15 is 0 Å². The van der Waals surface area contributed by atoms with Crippen LogP contribution in [0.25, 0.3) is 0 Å². The molecule has 3 aliphatic rings. The van der Waals surface area contributed by atoms with Gasteiger partial charge in [0.25, 0.3) is 5.91 Å². The molecule has 146 valence electrons. The van der Waals surface area contributed by atoms with E-state index in [1.54, 1.807) is 12.4 Å². The van der Waals surface area contributed by atoms with Crippen molar-refractivity contribution < 1.29 is 14.3 Å². The Kier molecular flexibility index (Phi) is 5.17. The van der Waals surface area contributed by atoms with E-state index in [9.17, 15) is 9.59 Å². The van der Waals surface area contributed by atoms with Crippen LogP contribution >= 0.6 is 0 Å². The minimum absolute atomic E-state index is 0.0257. The molecule has 0 bridgehead atoms. The van der Waals surface area contributed by atoms with Crippen molar-refractivity contribution in [2.24, 2.45) is 0 Å². The van der Waals surface area contributed by atoms with Gasteiger partial charge in [-0.3, -0.25) is 14.6 Å². The standard InChI is InChI=1S/C21H29N3O3/c1-21(10-4-2-3-5-11-21)23-20(26)19-18(15-7-6-12-22-13-15)24(16-8-9-16)17(25)14-27-19/h6-7,12-13,16,18-19H,2-5,8-11,14H2,1H3,(H,23,26)/t18-,19+/m1/s1. The molecule has 4 rings (SSSR count). The third-order valence-corrected chi connectivity index (χ3v) is 6.12. The number of nitrogens with zero attached hydrogens (tertiary/aromatic N) is 2. The zero-order valence-corrected chi connectivity index (χ0v) is 16.0. The summed E-state index contributed by atoms with van der Waals surface area (Å²) in [4.78, 5) is 31.9. The van der Waals surface area contributed by atoms with E-state index in [-0.39, 0.29) is 30.0 Å². The van der Waals surface area contributed by atoms with Gasteiger partial charge in [-0.25, -0.2) is 0 Å². The number of hydrogen-bond acceptors (Lipinski definition) is 4. The van der Waals surface area contributed by atoms with Crippen molar-refractivity contribution in [1.29, 1.82) is 0 Å². The van der Waals surface area contributed by atoms with Gasteiger partial charge >= 0.3 is 0 Å². The summed E-state index contributed by atoms with van der Waals surface area (Å²) in [5.74, 6) is -0.137. The number of pyridine rings is 1. The topological polar surface area (TPSA) is 71.5 Å². The van der Waals surface area contributed by atoms with E-state index in [1.165, 1.54) is 12.8 Å². The van der Waals surface area contributed by atoms with Crippen molar-refractivity contribution in [3.05, 3.63) is 30.1 Å². The second-order valence-corrected chi connectivity index (χ2v) is 8.46. The van der Waals surface area contributed by atoms with Crippen molar-refractivity contribution in [3.63, 3.8) is 0 Å². The summed E-state index contributed by atoms with van der Waals surface area (Å²) >= 11 is 0. The lowest BCUT2D eigenvalue weighted by Crippen LogP contribution is -2.58. The van der Waals surface area contributed by atoms with E-state index < -0.39 is 12.1 Å². The third kappa shape index (κ3) is 4.00. The van der Waals surface area contributed by atoms with Crippen LogP contribution in [0.4, 0.5) is 0 Å². The van der Waals surface area contributed by atoms with Crippen LogP contribution in [-0.2, 0) is 14.3 Å². The molecule has 2 amide bonds. The molecule has 1 aromatic rings. The molecule has 6 heteroatoms. The number of ether oxygens (including phenoxy) is 1. The maximum Gasteiger partial charge on any atom is 0.252 e. The summed E-state index contributed by atoms with van der Waals surface area (Å²) in [6.45, 7) is 2.12. The molecule has 0 aromatic carbocycles. The number of carbonyl (C=O) groups is 2. The molecule has 1 saturated heterocycles. The highest BCUT2D eigenvalue weighted by Gasteiger charge is 2.48. The molecule has 0 radical (unpaired) electrons. The van der Waals surface area contributed by atoms with E-state index in [4.69, 9.17) is 4.74 Å². The van der Waals surface area contributed by atoms with Crippen LogP contribution in [0.15, 0.2) is 24.5 Å². The first-order valence-corrected chi connectivity index (χ1v) is 10.2. The van der Waals surface area contributed by atoms with Gasteiger partial charge in [-0.15, -0.1) is 0 Å². The summed E-state index contributed by atoms with van der Waals surface area (Å²) in [7, 11) is 0. The highest BCUT2D eigenvalue weighted by Crippen LogP contribution is 2.39. The van der Waals surface area contributed by atoms with Gasteiger partial charge in [-0.2, -0.15) is 0 Å². The Labute approximate surface area is 160 Å². The van der Waals surface area contributed by atoms with Crippen LogP contribution < -0.4 is 5.32 Å². The maximum atomic E-state index is 13.3. The van der Waals surface area contributed by atoms with Crippen molar-refractivity contribution in [1.82, 2.24) is 15.2 Å². The minimum Gasteiger partial charge on any atom is -0.356 e. The smallest absolute Gasteiger partial charge is 0.252 e. The lowest BCUT2D eigenvalue weighted by atomic mass is 9.91. The molecule has 1 aromatic heterocycles. The van der Waals surface area contributed by atoms with Crippen LogP contribution in [0.3, 0.4) is 0 Å². The summed E-state index contributed by atoms with van der Waals surface area (Å²) in [5, 5.41) is 3.28. The molecule has 1 N–H and O–H groups in total. The SMILES string of the molecule is CC1(NC(=O)[C@H]2OCC(=O)N(C3CC3)[C@@H]2c2cccnc2)CCCCCC1. The quantitative estimate of drug-likeness (QED) is 0.826. The van der Waals surface area contributed by atoms with Gasteiger partial charge < -0.3 is 15.0 Å². The van der Waals surface area contributed by atoms with Crippen LogP contribution in [0.1, 0.15) is 69.9 Å². The Morgan fingerprint density at radius 3 is 2.63 bits per heavy atom. The Hall–Kier alpha value is -1.95. The molecule has 2 aliphatic carbocycles. The Morgan fingerprint density at radius 2 is 2.00 bits per heavy atom. The van der Waals surface area contributed by atoms with Crippen LogP contribution in [0.2, 0.25) is 0 Å². The largest absolute Gasteiger partial charge is 0.356 e. The zero-order chi connectivity index (χ0) is 18.9. The predicted molar refractivity (Wildman–Crippen MR) is 101 cm³/mol. The fourth-order valence-corrected chi connectivity index (χ4v) is 4.52. The van der Waals surface area contributed by atoms with Crippen LogP contribution in [0, 0.1) is 0 Å². The van der Waals surface area contributed by atoms with E-state index in [0.29, 0.717) is 0 Å². The number of amides is 2. The van der Waals surface area contributed by atoms with Gasteiger partial charge in [-0.1, -0.05) is 31.7 Å². The molecule has 3 fully saturated rings. The fourth-order valence-electron chi connectivity index (χ4n) is 4.52. The number of rotatable bonds is 4. The summed E-state index contributed by atoms with van der Waals surface area (Å²) in [6, 6.07) is 3.60. The molecule has 6 nitrogen and oxygen atoms in total. The lowest BCUT2D eigenvalue weighted by molar-refractivity contribution is -0.166. The monoisotopic (exact) mass is 371 g/mol. The number of carbonyl (C=O) groups excluding carboxylic acids is 2. The first-order chi connectivity index (χ1) is 13.1. The number of nitrogens with one attached hydrogen (secondary N) is 1. The fraction of sp³-hybridized carbons (Fsp3) is 0.667. The third-order valence-electron chi connectivity index (χ3n) is 6.12. The molecule has 0 unspecified atom stereocenters. The Balaban J connectivity index is 1.59. The number of aromatic nitrogens is 1. The molecule has 0 spiro atoms. The highest BCUT2D eigenvalue weighted by molar-refractivity contribution is 5.87. The minimum atomic E-state index is -0.687. The second kappa shape index (κ2) is 7.58. The van der Waals surface area contributed by atoms with Gasteiger partial charge in [0.2, 0.25) is 5.91 Å². The molecule has 2 saturated carbocycles. The first-order valence-electron chi connectivity index (χ1n) is 10.2. The van der Waals surface area contributed by atoms with Crippen molar-refractivity contribution in [2.45, 2.75) is 82.0 Å². The summed E-state index contributed by atoms with van der Waals surface area (Å²) in [5.41, 5.74) is 0.672. The van der Waals surface area contributed by atoms with Gasteiger partial charge in [0.15, 0.2) is 6.10 Å². The Morgan fingerprint density at radius 1 is 1.26 bits per heavy atom. The van der Waals surface area contributed by atoms with Crippen molar-refractivity contribution in [2.75, 3.05) is 6.61 Å². The Bertz CT molecular complexity index is 681. The molecule has 27 heavy (non-hydrogen) atoms. The summed E-state index contributed by atoms with van der Waals surface area (Å²) in [6.07, 6.45) is 11.5. The van der Waals surface area contributed by atoms with Crippen LogP contribution in [-0.4, -0.2) is 46.0 Å². The second-order valence-electron chi connectivity index (χ2n) is 8.46. The average molecular weight is 371 g/mol. The number of morpholine rings is 1. The normalized spacial score (nSPS) is 28.5. The van der Waals surface area contributed by atoms with Gasteiger partial charge in [0.1, 0.15) is 6.61 Å². The van der Waals surface area contributed by atoms with E-state index in [0.717, 1.165) is 44.1 Å². The van der Waals surface area contributed by atoms with Crippen LogP contribution in [0.5, 0.6) is 0 Å². The van der Waals surface area contributed by atoms with E-state index in [2.05, 4.69) is 17.2 Å². The highest BCUT2D eigenvalue weighted by atomic mass is 16.5. The first kappa shape index (κ1) is 18.4. The van der Waals surface area contributed by atoms with Gasteiger partial charge in [-0.05, 0) is 44.2 Å². The molecular formula is C21H29N3O3. The van der Waals surface area contributed by atoms with Gasteiger partial charge in [0.05, 0.1) is 6.04 Å².